The lowest BCUT2D eigenvalue weighted by Crippen LogP contribution is -2.41. The van der Waals surface area contributed by atoms with Gasteiger partial charge in [0.15, 0.2) is 0 Å². The van der Waals surface area contributed by atoms with Gasteiger partial charge in [-0.1, -0.05) is 0 Å². The highest BCUT2D eigenvalue weighted by molar-refractivity contribution is 7.89. The second-order valence-electron chi connectivity index (χ2n) is 4.54. The molecular formula is C12H16F2N2O2S. The Kier molecular flexibility index (Phi) is 4.17. The second-order valence-corrected chi connectivity index (χ2v) is 6.40. The van der Waals surface area contributed by atoms with E-state index in [9.17, 15) is 17.2 Å². The first-order valence-electron chi connectivity index (χ1n) is 6.08. The molecule has 1 aliphatic rings. The van der Waals surface area contributed by atoms with Crippen molar-refractivity contribution in [3.63, 3.8) is 0 Å². The van der Waals surface area contributed by atoms with Crippen LogP contribution >= 0.6 is 0 Å². The molecule has 1 N–H and O–H groups in total. The number of likely N-dealkylation sites (N-methyl/N-ethyl adjacent to an activating group) is 1. The van der Waals surface area contributed by atoms with Gasteiger partial charge in [-0.3, -0.25) is 0 Å². The number of sulfonamides is 1. The number of benzene rings is 1. The van der Waals surface area contributed by atoms with Crippen molar-refractivity contribution in [1.82, 2.24) is 9.62 Å². The summed E-state index contributed by atoms with van der Waals surface area (Å²) >= 11 is 0. The topological polar surface area (TPSA) is 49.4 Å². The standard InChI is InChI=1S/C12H16F2N2O2S/c1-15-8-10-3-2-6-16(10)19(17,18)12-5-4-9(13)7-11(12)14/h4-5,7,10,15H,2-3,6,8H2,1H3/t10-/m0/s1. The molecule has 0 amide bonds. The average molecular weight is 290 g/mol. The van der Waals surface area contributed by atoms with Gasteiger partial charge < -0.3 is 5.32 Å². The van der Waals surface area contributed by atoms with Gasteiger partial charge in [0.2, 0.25) is 10.0 Å². The molecule has 1 atom stereocenters. The Balaban J connectivity index is 2.36. The Morgan fingerprint density at radius 3 is 2.79 bits per heavy atom. The van der Waals surface area contributed by atoms with E-state index in [1.165, 1.54) is 4.31 Å². The molecule has 106 valence electrons. The fraction of sp³-hybridized carbons (Fsp3) is 0.500. The summed E-state index contributed by atoms with van der Waals surface area (Å²) in [6, 6.07) is 2.35. The maximum atomic E-state index is 13.7. The van der Waals surface area contributed by atoms with Gasteiger partial charge in [0.25, 0.3) is 0 Å². The Bertz CT molecular complexity index is 563. The van der Waals surface area contributed by atoms with Crippen LogP contribution in [-0.4, -0.2) is 38.9 Å². The van der Waals surface area contributed by atoms with Gasteiger partial charge >= 0.3 is 0 Å². The van der Waals surface area contributed by atoms with E-state index in [0.717, 1.165) is 25.0 Å². The molecule has 19 heavy (non-hydrogen) atoms. The second kappa shape index (κ2) is 5.52. The van der Waals surface area contributed by atoms with Crippen LogP contribution in [0.1, 0.15) is 12.8 Å². The number of halogens is 2. The summed E-state index contributed by atoms with van der Waals surface area (Å²) in [5.41, 5.74) is 0. The van der Waals surface area contributed by atoms with Gasteiger partial charge in [0.05, 0.1) is 0 Å². The molecule has 0 unspecified atom stereocenters. The number of nitrogens with zero attached hydrogens (tertiary/aromatic N) is 1. The number of hydrogen-bond acceptors (Lipinski definition) is 3. The summed E-state index contributed by atoms with van der Waals surface area (Å²) in [5.74, 6) is -1.83. The van der Waals surface area contributed by atoms with Gasteiger partial charge in [0.1, 0.15) is 16.5 Å². The highest BCUT2D eigenvalue weighted by Gasteiger charge is 2.36. The minimum Gasteiger partial charge on any atom is -0.318 e. The summed E-state index contributed by atoms with van der Waals surface area (Å²) in [4.78, 5) is -0.461. The van der Waals surface area contributed by atoms with Crippen LogP contribution in [0.4, 0.5) is 8.78 Å². The van der Waals surface area contributed by atoms with Crippen molar-refractivity contribution in [3.05, 3.63) is 29.8 Å². The fourth-order valence-corrected chi connectivity index (χ4v) is 4.12. The van der Waals surface area contributed by atoms with Crippen LogP contribution in [0.2, 0.25) is 0 Å². The maximum absolute atomic E-state index is 13.7. The highest BCUT2D eigenvalue weighted by atomic mass is 32.2. The lowest BCUT2D eigenvalue weighted by molar-refractivity contribution is 0.376. The smallest absolute Gasteiger partial charge is 0.246 e. The summed E-state index contributed by atoms with van der Waals surface area (Å²) < 4.78 is 52.6. The van der Waals surface area contributed by atoms with E-state index < -0.39 is 26.6 Å². The Labute approximate surface area is 111 Å². The van der Waals surface area contributed by atoms with Crippen LogP contribution in [0, 0.1) is 11.6 Å². The van der Waals surface area contributed by atoms with Gasteiger partial charge in [-0.05, 0) is 32.0 Å². The van der Waals surface area contributed by atoms with E-state index in [-0.39, 0.29) is 6.04 Å². The zero-order valence-electron chi connectivity index (χ0n) is 10.6. The Hall–Kier alpha value is -1.05. The SMILES string of the molecule is CNC[C@@H]1CCCN1S(=O)(=O)c1ccc(F)cc1F. The molecule has 7 heteroatoms. The molecule has 0 aromatic heterocycles. The van der Waals surface area contributed by atoms with E-state index in [0.29, 0.717) is 19.2 Å². The molecule has 0 saturated carbocycles. The molecular weight excluding hydrogens is 274 g/mol. The molecule has 2 rings (SSSR count). The van der Waals surface area contributed by atoms with Crippen molar-refractivity contribution < 1.29 is 17.2 Å². The van der Waals surface area contributed by atoms with Crippen LogP contribution in [0.5, 0.6) is 0 Å². The maximum Gasteiger partial charge on any atom is 0.246 e. The van der Waals surface area contributed by atoms with Crippen molar-refractivity contribution in [2.24, 2.45) is 0 Å². The van der Waals surface area contributed by atoms with E-state index in [4.69, 9.17) is 0 Å². The Morgan fingerprint density at radius 1 is 1.42 bits per heavy atom. The minimum atomic E-state index is -3.91. The molecule has 4 nitrogen and oxygen atoms in total. The summed E-state index contributed by atoms with van der Waals surface area (Å²) in [5, 5.41) is 2.93. The first kappa shape index (κ1) is 14.4. The molecule has 0 spiro atoms. The third-order valence-electron chi connectivity index (χ3n) is 3.24. The third kappa shape index (κ3) is 2.77. The van der Waals surface area contributed by atoms with E-state index in [1.807, 2.05) is 0 Å². The molecule has 1 saturated heterocycles. The van der Waals surface area contributed by atoms with Crippen LogP contribution in [0.25, 0.3) is 0 Å². The van der Waals surface area contributed by atoms with Crippen LogP contribution in [0.15, 0.2) is 23.1 Å². The van der Waals surface area contributed by atoms with E-state index >= 15 is 0 Å². The first-order valence-corrected chi connectivity index (χ1v) is 7.52. The number of nitrogens with one attached hydrogen (secondary N) is 1. The summed E-state index contributed by atoms with van der Waals surface area (Å²) in [6.07, 6.45) is 1.48. The van der Waals surface area contributed by atoms with E-state index in [2.05, 4.69) is 5.32 Å². The molecule has 0 radical (unpaired) electrons. The fourth-order valence-electron chi connectivity index (χ4n) is 2.38. The molecule has 0 aliphatic carbocycles. The van der Waals surface area contributed by atoms with Crippen LogP contribution < -0.4 is 5.32 Å². The number of hydrogen-bond donors (Lipinski definition) is 1. The average Bonchev–Trinajstić information content (AvgIpc) is 2.78. The normalized spacial score (nSPS) is 20.9. The summed E-state index contributed by atoms with van der Waals surface area (Å²) in [6.45, 7) is 0.882. The molecule has 1 fully saturated rings. The predicted molar refractivity (Wildman–Crippen MR) is 67.2 cm³/mol. The third-order valence-corrected chi connectivity index (χ3v) is 5.23. The lowest BCUT2D eigenvalue weighted by atomic mass is 10.2. The van der Waals surface area contributed by atoms with Crippen molar-refractivity contribution >= 4 is 10.0 Å². The molecule has 1 aromatic rings. The Morgan fingerprint density at radius 2 is 2.16 bits per heavy atom. The minimum absolute atomic E-state index is 0.181. The zero-order valence-corrected chi connectivity index (χ0v) is 11.4. The van der Waals surface area contributed by atoms with Gasteiger partial charge in [-0.25, -0.2) is 17.2 Å². The molecule has 1 heterocycles. The van der Waals surface area contributed by atoms with Gasteiger partial charge in [-0.15, -0.1) is 0 Å². The van der Waals surface area contributed by atoms with Crippen molar-refractivity contribution in [3.8, 4) is 0 Å². The molecule has 0 bridgehead atoms. The van der Waals surface area contributed by atoms with Gasteiger partial charge in [0, 0.05) is 25.2 Å². The lowest BCUT2D eigenvalue weighted by Gasteiger charge is -2.24. The van der Waals surface area contributed by atoms with E-state index in [1.54, 1.807) is 7.05 Å². The van der Waals surface area contributed by atoms with Crippen LogP contribution in [-0.2, 0) is 10.0 Å². The van der Waals surface area contributed by atoms with Crippen LogP contribution in [0.3, 0.4) is 0 Å². The monoisotopic (exact) mass is 290 g/mol. The molecule has 1 aliphatic heterocycles. The van der Waals surface area contributed by atoms with Crippen molar-refractivity contribution in [2.45, 2.75) is 23.8 Å². The predicted octanol–water partition coefficient (Wildman–Crippen LogP) is 1.34. The molecule has 1 aromatic carbocycles. The van der Waals surface area contributed by atoms with Gasteiger partial charge in [-0.2, -0.15) is 4.31 Å². The largest absolute Gasteiger partial charge is 0.318 e. The number of rotatable bonds is 4. The quantitative estimate of drug-likeness (QED) is 0.910. The first-order chi connectivity index (χ1) is 8.96. The zero-order chi connectivity index (χ0) is 14.0. The summed E-state index contributed by atoms with van der Waals surface area (Å²) in [7, 11) is -2.17. The van der Waals surface area contributed by atoms with Crippen molar-refractivity contribution in [2.75, 3.05) is 20.1 Å². The highest BCUT2D eigenvalue weighted by Crippen LogP contribution is 2.27. The van der Waals surface area contributed by atoms with Crippen molar-refractivity contribution in [1.29, 1.82) is 0 Å².